The van der Waals surface area contributed by atoms with Crippen LogP contribution in [-0.2, 0) is 0 Å². The number of hydrogen-bond donors (Lipinski definition) is 1. The maximum absolute atomic E-state index is 12.0. The second-order valence-corrected chi connectivity index (χ2v) is 5.84. The summed E-state index contributed by atoms with van der Waals surface area (Å²) < 4.78 is 0. The molecule has 0 atom stereocenters. The highest BCUT2D eigenvalue weighted by molar-refractivity contribution is 7.12. The highest BCUT2D eigenvalue weighted by Crippen LogP contribution is 2.32. The fraction of sp³-hybridized carbons (Fsp3) is 0.545. The fourth-order valence-corrected chi connectivity index (χ4v) is 2.82. The molecule has 16 heavy (non-hydrogen) atoms. The SMILES string of the molecule is CC(C)C1(O)CN(C(=O)c2sccc2Cl)C1. The lowest BCUT2D eigenvalue weighted by molar-refractivity contribution is -0.110. The van der Waals surface area contributed by atoms with Gasteiger partial charge in [0, 0.05) is 0 Å². The molecule has 2 heterocycles. The molecule has 0 unspecified atom stereocenters. The molecule has 1 aromatic rings. The minimum Gasteiger partial charge on any atom is -0.386 e. The third-order valence-corrected chi connectivity index (χ3v) is 4.43. The van der Waals surface area contributed by atoms with Gasteiger partial charge in [0.15, 0.2) is 0 Å². The van der Waals surface area contributed by atoms with Crippen LogP contribution in [0.25, 0.3) is 0 Å². The number of β-amino-alcohol motifs (C(OH)–C–C–N with tert-alkyl or cyclic N) is 1. The van der Waals surface area contributed by atoms with E-state index in [9.17, 15) is 9.90 Å². The van der Waals surface area contributed by atoms with E-state index in [2.05, 4.69) is 0 Å². The number of halogens is 1. The Morgan fingerprint density at radius 1 is 1.62 bits per heavy atom. The molecule has 1 N–H and O–H groups in total. The van der Waals surface area contributed by atoms with Crippen molar-refractivity contribution in [2.75, 3.05) is 13.1 Å². The molecule has 88 valence electrons. The van der Waals surface area contributed by atoms with Gasteiger partial charge in [-0.05, 0) is 17.4 Å². The zero-order chi connectivity index (χ0) is 11.9. The fourth-order valence-electron chi connectivity index (χ4n) is 1.71. The Morgan fingerprint density at radius 2 is 2.25 bits per heavy atom. The lowest BCUT2D eigenvalue weighted by Gasteiger charge is -2.48. The first-order chi connectivity index (χ1) is 7.44. The number of amides is 1. The Balaban J connectivity index is 2.04. The van der Waals surface area contributed by atoms with Gasteiger partial charge in [0.2, 0.25) is 0 Å². The molecule has 0 radical (unpaired) electrons. The number of thiophene rings is 1. The zero-order valence-corrected chi connectivity index (χ0v) is 10.8. The molecular weight excluding hydrogens is 246 g/mol. The molecule has 1 amide bonds. The monoisotopic (exact) mass is 259 g/mol. The minimum absolute atomic E-state index is 0.0784. The van der Waals surface area contributed by atoms with Gasteiger partial charge in [0.05, 0.1) is 18.1 Å². The predicted molar refractivity (Wildman–Crippen MR) is 65.0 cm³/mol. The number of likely N-dealkylation sites (tertiary alicyclic amines) is 1. The van der Waals surface area contributed by atoms with Crippen LogP contribution in [0.5, 0.6) is 0 Å². The smallest absolute Gasteiger partial charge is 0.265 e. The van der Waals surface area contributed by atoms with E-state index in [4.69, 9.17) is 11.6 Å². The van der Waals surface area contributed by atoms with Crippen molar-refractivity contribution in [1.82, 2.24) is 4.90 Å². The molecule has 1 aliphatic rings. The van der Waals surface area contributed by atoms with Crippen LogP contribution in [0.3, 0.4) is 0 Å². The molecule has 0 saturated carbocycles. The Labute approximate surface area is 104 Å². The summed E-state index contributed by atoms with van der Waals surface area (Å²) >= 11 is 7.23. The maximum Gasteiger partial charge on any atom is 0.265 e. The predicted octanol–water partition coefficient (Wildman–Crippen LogP) is 2.24. The van der Waals surface area contributed by atoms with Crippen LogP contribution in [0.2, 0.25) is 5.02 Å². The lowest BCUT2D eigenvalue weighted by Crippen LogP contribution is -2.65. The van der Waals surface area contributed by atoms with Crippen molar-refractivity contribution in [3.8, 4) is 0 Å². The summed E-state index contributed by atoms with van der Waals surface area (Å²) in [6, 6.07) is 1.72. The van der Waals surface area contributed by atoms with Crippen LogP contribution in [0, 0.1) is 5.92 Å². The summed E-state index contributed by atoms with van der Waals surface area (Å²) in [5, 5.41) is 12.3. The molecular formula is C11H14ClNO2S. The van der Waals surface area contributed by atoms with Gasteiger partial charge in [0.1, 0.15) is 10.5 Å². The number of carbonyl (C=O) groups is 1. The molecule has 0 aromatic carbocycles. The van der Waals surface area contributed by atoms with Gasteiger partial charge in [-0.3, -0.25) is 4.79 Å². The number of aliphatic hydroxyl groups is 1. The Bertz CT molecular complexity index is 410. The summed E-state index contributed by atoms with van der Waals surface area (Å²) in [5.41, 5.74) is -0.723. The molecule has 0 spiro atoms. The van der Waals surface area contributed by atoms with Crippen molar-refractivity contribution in [3.63, 3.8) is 0 Å². The molecule has 0 bridgehead atoms. The molecule has 1 saturated heterocycles. The van der Waals surface area contributed by atoms with Gasteiger partial charge in [0.25, 0.3) is 5.91 Å². The lowest BCUT2D eigenvalue weighted by atomic mass is 9.83. The summed E-state index contributed by atoms with van der Waals surface area (Å²) in [6.07, 6.45) is 0. The second-order valence-electron chi connectivity index (χ2n) is 4.52. The molecule has 2 rings (SSSR count). The number of nitrogens with zero attached hydrogens (tertiary/aromatic N) is 1. The first-order valence-corrected chi connectivity index (χ1v) is 6.44. The first kappa shape index (κ1) is 11.9. The summed E-state index contributed by atoms with van der Waals surface area (Å²) in [4.78, 5) is 14.2. The topological polar surface area (TPSA) is 40.5 Å². The van der Waals surface area contributed by atoms with E-state index in [1.165, 1.54) is 11.3 Å². The second kappa shape index (κ2) is 4.02. The van der Waals surface area contributed by atoms with Crippen LogP contribution in [-0.4, -0.2) is 34.6 Å². The average molecular weight is 260 g/mol. The van der Waals surface area contributed by atoms with Crippen LogP contribution < -0.4 is 0 Å². The van der Waals surface area contributed by atoms with Crippen LogP contribution in [0.4, 0.5) is 0 Å². The van der Waals surface area contributed by atoms with Crippen molar-refractivity contribution in [2.24, 2.45) is 5.92 Å². The molecule has 5 heteroatoms. The highest BCUT2D eigenvalue weighted by atomic mass is 35.5. The average Bonchev–Trinajstić information content (AvgIpc) is 2.58. The van der Waals surface area contributed by atoms with Crippen molar-refractivity contribution < 1.29 is 9.90 Å². The van der Waals surface area contributed by atoms with Gasteiger partial charge in [-0.25, -0.2) is 0 Å². The van der Waals surface area contributed by atoms with Crippen molar-refractivity contribution in [3.05, 3.63) is 21.3 Å². The standard InChI is InChI=1S/C11H14ClNO2S/c1-7(2)11(15)5-13(6-11)10(14)9-8(12)3-4-16-9/h3-4,7,15H,5-6H2,1-2H3. The maximum atomic E-state index is 12.0. The third kappa shape index (κ3) is 1.85. The minimum atomic E-state index is -0.723. The van der Waals surface area contributed by atoms with Crippen molar-refractivity contribution in [1.29, 1.82) is 0 Å². The van der Waals surface area contributed by atoms with Crippen molar-refractivity contribution in [2.45, 2.75) is 19.4 Å². The summed E-state index contributed by atoms with van der Waals surface area (Å²) in [6.45, 7) is 4.72. The van der Waals surface area contributed by atoms with E-state index < -0.39 is 5.60 Å². The molecule has 1 fully saturated rings. The Kier molecular flexibility index (Phi) is 2.99. The molecule has 0 aliphatic carbocycles. The van der Waals surface area contributed by atoms with Gasteiger partial charge >= 0.3 is 0 Å². The van der Waals surface area contributed by atoms with Crippen molar-refractivity contribution >= 4 is 28.8 Å². The van der Waals surface area contributed by atoms with E-state index in [0.29, 0.717) is 23.0 Å². The van der Waals surface area contributed by atoms with Crippen LogP contribution >= 0.6 is 22.9 Å². The quantitative estimate of drug-likeness (QED) is 0.885. The van der Waals surface area contributed by atoms with E-state index in [-0.39, 0.29) is 11.8 Å². The van der Waals surface area contributed by atoms with Crippen LogP contribution in [0.15, 0.2) is 11.4 Å². The summed E-state index contributed by atoms with van der Waals surface area (Å²) in [5.74, 6) is 0.0840. The zero-order valence-electron chi connectivity index (χ0n) is 9.24. The van der Waals surface area contributed by atoms with Crippen LogP contribution in [0.1, 0.15) is 23.5 Å². The van der Waals surface area contributed by atoms with Gasteiger partial charge in [-0.2, -0.15) is 0 Å². The normalized spacial score (nSPS) is 18.7. The molecule has 3 nitrogen and oxygen atoms in total. The number of carbonyl (C=O) groups excluding carboxylic acids is 1. The van der Waals surface area contributed by atoms with E-state index >= 15 is 0 Å². The first-order valence-electron chi connectivity index (χ1n) is 5.19. The third-order valence-electron chi connectivity index (χ3n) is 3.10. The van der Waals surface area contributed by atoms with Gasteiger partial charge in [-0.1, -0.05) is 25.4 Å². The Hall–Kier alpha value is -0.580. The van der Waals surface area contributed by atoms with Gasteiger partial charge in [-0.15, -0.1) is 11.3 Å². The highest BCUT2D eigenvalue weighted by Gasteiger charge is 2.46. The number of rotatable bonds is 2. The molecule has 1 aromatic heterocycles. The van der Waals surface area contributed by atoms with Gasteiger partial charge < -0.3 is 10.0 Å². The van der Waals surface area contributed by atoms with E-state index in [1.54, 1.807) is 16.3 Å². The largest absolute Gasteiger partial charge is 0.386 e. The van der Waals surface area contributed by atoms with E-state index in [1.807, 2.05) is 13.8 Å². The Morgan fingerprint density at radius 3 is 2.69 bits per heavy atom. The number of hydrogen-bond acceptors (Lipinski definition) is 3. The summed E-state index contributed by atoms with van der Waals surface area (Å²) in [7, 11) is 0. The molecule has 1 aliphatic heterocycles. The van der Waals surface area contributed by atoms with E-state index in [0.717, 1.165) is 0 Å².